The van der Waals surface area contributed by atoms with Crippen molar-refractivity contribution in [3.8, 4) is 0 Å². The van der Waals surface area contributed by atoms with E-state index in [1.165, 1.54) is 141 Å². The molecule has 0 N–H and O–H groups in total. The smallest absolute Gasteiger partial charge is 0.333 e. The minimum Gasteiger partial charge on any atom is -0.460 e. The SMILES string of the molecule is C=C(C)C(=O)OCC(C)OCC(C)OCC(CCCCCCCCCC)CCCCCCCCCCCCCC. The highest BCUT2D eigenvalue weighted by molar-refractivity contribution is 5.86. The van der Waals surface area contributed by atoms with Crippen LogP contribution in [0.1, 0.15) is 176 Å². The first-order chi connectivity index (χ1) is 19.4. The first-order valence-electron chi connectivity index (χ1n) is 17.5. The van der Waals surface area contributed by atoms with Gasteiger partial charge in [-0.2, -0.15) is 0 Å². The van der Waals surface area contributed by atoms with Crippen molar-refractivity contribution in [2.75, 3.05) is 19.8 Å². The summed E-state index contributed by atoms with van der Waals surface area (Å²) >= 11 is 0. The zero-order valence-electron chi connectivity index (χ0n) is 27.7. The molecule has 0 heterocycles. The molecule has 0 bridgehead atoms. The molecule has 3 atom stereocenters. The van der Waals surface area contributed by atoms with Crippen molar-refractivity contribution >= 4 is 5.97 Å². The van der Waals surface area contributed by atoms with Crippen LogP contribution in [-0.2, 0) is 19.0 Å². The van der Waals surface area contributed by atoms with Crippen LogP contribution in [0.3, 0.4) is 0 Å². The molecule has 0 aromatic carbocycles. The third kappa shape index (κ3) is 27.3. The Kier molecular flexibility index (Phi) is 29.0. The van der Waals surface area contributed by atoms with Crippen molar-refractivity contribution in [2.45, 2.75) is 188 Å². The molecule has 0 aliphatic carbocycles. The normalized spacial score (nSPS) is 13.7. The molecule has 3 unspecified atom stereocenters. The monoisotopic (exact) mass is 567 g/mol. The Hall–Kier alpha value is -0.870. The van der Waals surface area contributed by atoms with Crippen LogP contribution in [-0.4, -0.2) is 38.0 Å². The molecule has 0 fully saturated rings. The Balaban J connectivity index is 4.18. The fourth-order valence-electron chi connectivity index (χ4n) is 5.16. The molecule has 0 aromatic heterocycles. The summed E-state index contributed by atoms with van der Waals surface area (Å²) in [4.78, 5) is 11.6. The lowest BCUT2D eigenvalue weighted by atomic mass is 9.94. The molecule has 0 radical (unpaired) electrons. The Morgan fingerprint density at radius 1 is 0.550 bits per heavy atom. The average Bonchev–Trinajstić information content (AvgIpc) is 2.94. The van der Waals surface area contributed by atoms with Crippen LogP contribution in [0.4, 0.5) is 0 Å². The van der Waals surface area contributed by atoms with Gasteiger partial charge in [-0.3, -0.25) is 0 Å². The molecular formula is C36H70O4. The van der Waals surface area contributed by atoms with Gasteiger partial charge < -0.3 is 14.2 Å². The standard InChI is InChI=1S/C36H70O4/c1-7-9-11-13-15-17-18-19-20-22-24-26-28-35(27-25-23-21-16-14-12-10-8-2)31-39-33(5)29-38-34(6)30-40-36(37)32(3)4/h33-35H,3,7-31H2,1-2,4-6H3. The van der Waals surface area contributed by atoms with Crippen LogP contribution >= 0.6 is 0 Å². The highest BCUT2D eigenvalue weighted by Gasteiger charge is 2.14. The minimum atomic E-state index is -0.360. The lowest BCUT2D eigenvalue weighted by Gasteiger charge is -2.22. The van der Waals surface area contributed by atoms with E-state index in [4.69, 9.17) is 14.2 Å². The van der Waals surface area contributed by atoms with Gasteiger partial charge in [-0.25, -0.2) is 4.79 Å². The number of esters is 1. The largest absolute Gasteiger partial charge is 0.460 e. The third-order valence-electron chi connectivity index (χ3n) is 7.96. The van der Waals surface area contributed by atoms with Crippen molar-refractivity contribution < 1.29 is 19.0 Å². The number of rotatable bonds is 31. The van der Waals surface area contributed by atoms with Gasteiger partial charge >= 0.3 is 5.97 Å². The summed E-state index contributed by atoms with van der Waals surface area (Å²) in [6, 6.07) is 0. The first-order valence-corrected chi connectivity index (χ1v) is 17.5. The summed E-state index contributed by atoms with van der Waals surface area (Å²) < 4.78 is 17.3. The molecule has 0 rings (SSSR count). The van der Waals surface area contributed by atoms with Gasteiger partial charge in [0.05, 0.1) is 18.8 Å². The Bertz CT molecular complexity index is 561. The van der Waals surface area contributed by atoms with Gasteiger partial charge in [0.1, 0.15) is 6.61 Å². The van der Waals surface area contributed by atoms with Gasteiger partial charge in [-0.05, 0) is 39.5 Å². The van der Waals surface area contributed by atoms with Crippen LogP contribution < -0.4 is 0 Å². The van der Waals surface area contributed by atoms with Crippen LogP contribution in [0.15, 0.2) is 12.2 Å². The van der Waals surface area contributed by atoms with Gasteiger partial charge in [-0.15, -0.1) is 0 Å². The van der Waals surface area contributed by atoms with Crippen molar-refractivity contribution in [1.82, 2.24) is 0 Å². The number of carbonyl (C=O) groups excluding carboxylic acids is 1. The number of carbonyl (C=O) groups is 1. The zero-order valence-corrected chi connectivity index (χ0v) is 27.7. The van der Waals surface area contributed by atoms with Gasteiger partial charge in [0, 0.05) is 12.2 Å². The maximum Gasteiger partial charge on any atom is 0.333 e. The Labute approximate surface area is 250 Å². The van der Waals surface area contributed by atoms with Crippen molar-refractivity contribution in [2.24, 2.45) is 5.92 Å². The Morgan fingerprint density at radius 3 is 1.30 bits per heavy atom. The van der Waals surface area contributed by atoms with Crippen LogP contribution in [0.25, 0.3) is 0 Å². The lowest BCUT2D eigenvalue weighted by molar-refractivity contribution is -0.143. The quantitative estimate of drug-likeness (QED) is 0.0475. The number of hydrogen-bond donors (Lipinski definition) is 0. The van der Waals surface area contributed by atoms with E-state index < -0.39 is 0 Å². The third-order valence-corrected chi connectivity index (χ3v) is 7.96. The highest BCUT2D eigenvalue weighted by Crippen LogP contribution is 2.21. The first kappa shape index (κ1) is 39.1. The summed E-state index contributed by atoms with van der Waals surface area (Å²) in [6.45, 7) is 15.5. The number of unbranched alkanes of at least 4 members (excludes halogenated alkanes) is 18. The second-order valence-corrected chi connectivity index (χ2v) is 12.5. The van der Waals surface area contributed by atoms with Gasteiger partial charge in [-0.1, -0.05) is 149 Å². The fourth-order valence-corrected chi connectivity index (χ4v) is 5.16. The molecule has 0 spiro atoms. The molecule has 0 aromatic rings. The highest BCUT2D eigenvalue weighted by atomic mass is 16.6. The van der Waals surface area contributed by atoms with Crippen LogP contribution in [0.2, 0.25) is 0 Å². The van der Waals surface area contributed by atoms with E-state index in [1.54, 1.807) is 6.92 Å². The molecule has 4 heteroatoms. The molecule has 0 aliphatic rings. The molecule has 0 aliphatic heterocycles. The molecule has 0 amide bonds. The van der Waals surface area contributed by atoms with Gasteiger partial charge in [0.15, 0.2) is 0 Å². The second-order valence-electron chi connectivity index (χ2n) is 12.5. The van der Waals surface area contributed by atoms with Crippen molar-refractivity contribution in [1.29, 1.82) is 0 Å². The summed E-state index contributed by atoms with van der Waals surface area (Å²) in [5.41, 5.74) is 0.416. The van der Waals surface area contributed by atoms with E-state index in [0.717, 1.165) is 6.61 Å². The van der Waals surface area contributed by atoms with E-state index >= 15 is 0 Å². The predicted octanol–water partition coefficient (Wildman–Crippen LogP) is 11.2. The molecule has 4 nitrogen and oxygen atoms in total. The van der Waals surface area contributed by atoms with Crippen molar-refractivity contribution in [3.63, 3.8) is 0 Å². The van der Waals surface area contributed by atoms with Crippen LogP contribution in [0, 0.1) is 5.92 Å². The summed E-state index contributed by atoms with van der Waals surface area (Å²) in [5, 5.41) is 0. The minimum absolute atomic E-state index is 0.0438. The number of ether oxygens (including phenoxy) is 3. The van der Waals surface area contributed by atoms with E-state index in [-0.39, 0.29) is 24.8 Å². The molecule has 0 saturated carbocycles. The lowest BCUT2D eigenvalue weighted by Crippen LogP contribution is -2.26. The predicted molar refractivity (Wildman–Crippen MR) is 173 cm³/mol. The van der Waals surface area contributed by atoms with E-state index in [1.807, 2.05) is 6.92 Å². The molecule has 0 saturated heterocycles. The van der Waals surface area contributed by atoms with Gasteiger partial charge in [0.25, 0.3) is 0 Å². The topological polar surface area (TPSA) is 44.8 Å². The zero-order chi connectivity index (χ0) is 29.7. The van der Waals surface area contributed by atoms with E-state index in [0.29, 0.717) is 18.1 Å². The average molecular weight is 567 g/mol. The fraction of sp³-hybridized carbons (Fsp3) is 0.917. The molecule has 40 heavy (non-hydrogen) atoms. The second kappa shape index (κ2) is 29.6. The van der Waals surface area contributed by atoms with Crippen molar-refractivity contribution in [3.05, 3.63) is 12.2 Å². The summed E-state index contributed by atoms with van der Waals surface area (Å²) in [6.07, 6.45) is 30.3. The number of hydrogen-bond acceptors (Lipinski definition) is 4. The Morgan fingerprint density at radius 2 is 0.900 bits per heavy atom. The summed E-state index contributed by atoms with van der Waals surface area (Å²) in [7, 11) is 0. The maximum atomic E-state index is 11.6. The van der Waals surface area contributed by atoms with E-state index in [2.05, 4.69) is 27.4 Å². The van der Waals surface area contributed by atoms with E-state index in [9.17, 15) is 4.79 Å². The van der Waals surface area contributed by atoms with Gasteiger partial charge in [0.2, 0.25) is 0 Å². The maximum absolute atomic E-state index is 11.6. The van der Waals surface area contributed by atoms with Crippen LogP contribution in [0.5, 0.6) is 0 Å². The summed E-state index contributed by atoms with van der Waals surface area (Å²) in [5.74, 6) is 0.293. The molecule has 238 valence electrons. The molecular weight excluding hydrogens is 496 g/mol.